The molecule has 2 aromatic heterocycles. The van der Waals surface area contributed by atoms with E-state index in [1.54, 1.807) is 23.1 Å². The van der Waals surface area contributed by atoms with Crippen molar-refractivity contribution in [2.75, 3.05) is 32.5 Å². The highest BCUT2D eigenvalue weighted by Crippen LogP contribution is 2.25. The summed E-state index contributed by atoms with van der Waals surface area (Å²) < 4.78 is 33.1. The number of aromatic amines is 1. The van der Waals surface area contributed by atoms with Gasteiger partial charge in [-0.05, 0) is 35.9 Å². The van der Waals surface area contributed by atoms with Crippen molar-refractivity contribution >= 4 is 55.3 Å². The highest BCUT2D eigenvalue weighted by molar-refractivity contribution is 7.89. The van der Waals surface area contributed by atoms with Crippen LogP contribution in [-0.4, -0.2) is 76.3 Å². The van der Waals surface area contributed by atoms with Gasteiger partial charge in [0.1, 0.15) is 12.1 Å². The summed E-state index contributed by atoms with van der Waals surface area (Å²) >= 11 is 6.00. The summed E-state index contributed by atoms with van der Waals surface area (Å²) in [5.74, 6) is 0.0323. The Bertz CT molecular complexity index is 1540. The van der Waals surface area contributed by atoms with E-state index in [1.165, 1.54) is 13.4 Å². The Balaban J connectivity index is 1.41. The fourth-order valence-corrected chi connectivity index (χ4v) is 5.72. The second-order valence-corrected chi connectivity index (χ2v) is 10.5. The number of nitrogen functional groups attached to an aromatic ring is 1. The van der Waals surface area contributed by atoms with E-state index in [2.05, 4.69) is 19.9 Å². The second-order valence-electron chi connectivity index (χ2n) is 8.24. The first-order valence-electron chi connectivity index (χ1n) is 10.7. The van der Waals surface area contributed by atoms with Crippen LogP contribution in [0.25, 0.3) is 21.9 Å². The molecule has 3 heterocycles. The van der Waals surface area contributed by atoms with Crippen molar-refractivity contribution in [3.63, 3.8) is 0 Å². The first-order chi connectivity index (χ1) is 16.8. The van der Waals surface area contributed by atoms with Gasteiger partial charge >= 0.3 is 0 Å². The Morgan fingerprint density at radius 2 is 2.03 bits per heavy atom. The minimum absolute atomic E-state index is 0.0580. The van der Waals surface area contributed by atoms with E-state index >= 15 is 0 Å². The Labute approximate surface area is 205 Å². The van der Waals surface area contributed by atoms with Crippen LogP contribution in [0.4, 0.5) is 5.82 Å². The fraction of sp³-hybridized carbons (Fsp3) is 0.273. The quantitative estimate of drug-likeness (QED) is 0.395. The van der Waals surface area contributed by atoms with Crippen LogP contribution in [0, 0.1) is 0 Å². The van der Waals surface area contributed by atoms with Crippen LogP contribution in [0.1, 0.15) is 5.56 Å². The molecule has 0 saturated carbocycles. The molecule has 5 rings (SSSR count). The van der Waals surface area contributed by atoms with Crippen LogP contribution < -0.4 is 5.73 Å². The van der Waals surface area contributed by atoms with Crippen molar-refractivity contribution in [2.45, 2.75) is 17.7 Å². The molecule has 0 aliphatic carbocycles. The van der Waals surface area contributed by atoms with E-state index in [0.717, 1.165) is 15.3 Å². The zero-order valence-corrected chi connectivity index (χ0v) is 20.3. The van der Waals surface area contributed by atoms with E-state index < -0.39 is 16.1 Å². The standard InChI is InChI=1S/C22H22ClN7O4S/c1-34-11-15-9-29(35(32,33)22-27-17-5-3-14(23)7-19(17)28-22)10-20(31)30(15)8-13-2-4-16-18(6-13)25-12-26-21(16)24/h2-7,12,15H,8-11H2,1H3,(H,27,28)(H2,24,25,26)/t15-/m1/s1. The molecule has 0 unspecified atom stereocenters. The molecule has 11 nitrogen and oxygen atoms in total. The highest BCUT2D eigenvalue weighted by atomic mass is 35.5. The monoisotopic (exact) mass is 515 g/mol. The summed E-state index contributed by atoms with van der Waals surface area (Å²) in [6.45, 7) is 0.172. The lowest BCUT2D eigenvalue weighted by Gasteiger charge is -2.39. The zero-order chi connectivity index (χ0) is 24.7. The van der Waals surface area contributed by atoms with Crippen LogP contribution in [0.2, 0.25) is 5.02 Å². The van der Waals surface area contributed by atoms with Crippen LogP contribution in [-0.2, 0) is 26.1 Å². The van der Waals surface area contributed by atoms with E-state index in [1.807, 2.05) is 18.2 Å². The Kier molecular flexibility index (Phi) is 6.05. The van der Waals surface area contributed by atoms with Crippen LogP contribution in [0.15, 0.2) is 47.9 Å². The molecule has 2 aromatic carbocycles. The van der Waals surface area contributed by atoms with Gasteiger partial charge in [0.05, 0.1) is 35.7 Å². The number of nitrogens with two attached hydrogens (primary N) is 1. The maximum atomic E-state index is 13.3. The number of imidazole rings is 1. The number of nitrogens with one attached hydrogen (secondary N) is 1. The number of carbonyl (C=O) groups is 1. The topological polar surface area (TPSA) is 147 Å². The number of sulfonamides is 1. The summed E-state index contributed by atoms with van der Waals surface area (Å²) in [5, 5.41) is 0.940. The summed E-state index contributed by atoms with van der Waals surface area (Å²) in [7, 11) is -2.55. The van der Waals surface area contributed by atoms with Gasteiger partial charge in [0.15, 0.2) is 0 Å². The third kappa shape index (κ3) is 4.41. The van der Waals surface area contributed by atoms with Crippen LogP contribution in [0.5, 0.6) is 0 Å². The van der Waals surface area contributed by atoms with Gasteiger partial charge in [-0.2, -0.15) is 4.31 Å². The first-order valence-corrected chi connectivity index (χ1v) is 12.5. The molecule has 4 aromatic rings. The predicted octanol–water partition coefficient (Wildman–Crippen LogP) is 1.79. The van der Waals surface area contributed by atoms with E-state index in [4.69, 9.17) is 22.1 Å². The maximum absolute atomic E-state index is 13.3. The summed E-state index contributed by atoms with van der Waals surface area (Å²) in [6.07, 6.45) is 1.38. The molecule has 1 aliphatic rings. The minimum atomic E-state index is -4.06. The molecular weight excluding hydrogens is 494 g/mol. The third-order valence-corrected chi connectivity index (χ3v) is 7.81. The SMILES string of the molecule is COC[C@H]1CN(S(=O)(=O)c2nc3ccc(Cl)cc3[nH]2)CC(=O)N1Cc1ccc2c(N)ncnc2c1. The van der Waals surface area contributed by atoms with Gasteiger partial charge in [-0.15, -0.1) is 0 Å². The lowest BCUT2D eigenvalue weighted by atomic mass is 10.1. The van der Waals surface area contributed by atoms with Gasteiger partial charge < -0.3 is 20.4 Å². The number of amides is 1. The smallest absolute Gasteiger partial charge is 0.277 e. The van der Waals surface area contributed by atoms with Crippen molar-refractivity contribution in [1.82, 2.24) is 29.1 Å². The predicted molar refractivity (Wildman–Crippen MR) is 130 cm³/mol. The number of piperazine rings is 1. The average molecular weight is 516 g/mol. The van der Waals surface area contributed by atoms with Crippen molar-refractivity contribution in [3.8, 4) is 0 Å². The largest absolute Gasteiger partial charge is 0.383 e. The minimum Gasteiger partial charge on any atom is -0.383 e. The summed E-state index contributed by atoms with van der Waals surface area (Å²) in [4.78, 5) is 30.0. The number of halogens is 1. The van der Waals surface area contributed by atoms with Crippen molar-refractivity contribution < 1.29 is 17.9 Å². The lowest BCUT2D eigenvalue weighted by Crippen LogP contribution is -2.58. The number of nitrogens with zero attached hydrogens (tertiary/aromatic N) is 5. The van der Waals surface area contributed by atoms with Gasteiger partial charge in [0, 0.05) is 30.6 Å². The number of ether oxygens (including phenoxy) is 1. The number of benzene rings is 2. The molecule has 1 aliphatic heterocycles. The molecule has 1 amide bonds. The number of aromatic nitrogens is 4. The molecule has 3 N–H and O–H groups in total. The molecule has 0 radical (unpaired) electrons. The van der Waals surface area contributed by atoms with E-state index in [-0.39, 0.29) is 37.3 Å². The molecular formula is C22H22ClN7O4S. The van der Waals surface area contributed by atoms with Crippen molar-refractivity contribution in [1.29, 1.82) is 0 Å². The number of hydrogen-bond donors (Lipinski definition) is 2. The second kappa shape index (κ2) is 9.04. The van der Waals surface area contributed by atoms with Crippen LogP contribution in [0.3, 0.4) is 0 Å². The molecule has 1 fully saturated rings. The number of fused-ring (bicyclic) bond motifs is 2. The van der Waals surface area contributed by atoms with Gasteiger partial charge in [-0.3, -0.25) is 4.79 Å². The molecule has 1 atom stereocenters. The van der Waals surface area contributed by atoms with Gasteiger partial charge in [0.25, 0.3) is 10.0 Å². The number of H-pyrrole nitrogens is 1. The number of carbonyl (C=O) groups excluding carboxylic acids is 1. The number of rotatable bonds is 6. The lowest BCUT2D eigenvalue weighted by molar-refractivity contribution is -0.139. The maximum Gasteiger partial charge on any atom is 0.277 e. The molecule has 0 spiro atoms. The average Bonchev–Trinajstić information content (AvgIpc) is 3.25. The number of hydrogen-bond acceptors (Lipinski definition) is 8. The highest BCUT2D eigenvalue weighted by Gasteiger charge is 2.39. The first kappa shape index (κ1) is 23.4. The molecule has 13 heteroatoms. The van der Waals surface area contributed by atoms with E-state index in [9.17, 15) is 13.2 Å². The molecule has 0 bridgehead atoms. The molecule has 182 valence electrons. The normalized spacial score (nSPS) is 17.5. The molecule has 35 heavy (non-hydrogen) atoms. The zero-order valence-electron chi connectivity index (χ0n) is 18.7. The van der Waals surface area contributed by atoms with Crippen LogP contribution >= 0.6 is 11.6 Å². The van der Waals surface area contributed by atoms with Gasteiger partial charge in [-0.25, -0.2) is 23.4 Å². The Morgan fingerprint density at radius 3 is 2.83 bits per heavy atom. The van der Waals surface area contributed by atoms with Crippen molar-refractivity contribution in [2.24, 2.45) is 0 Å². The summed E-state index contributed by atoms with van der Waals surface area (Å²) in [6, 6.07) is 9.86. The fourth-order valence-electron chi connectivity index (χ4n) is 4.20. The van der Waals surface area contributed by atoms with Crippen molar-refractivity contribution in [3.05, 3.63) is 53.3 Å². The summed E-state index contributed by atoms with van der Waals surface area (Å²) in [5.41, 5.74) is 8.35. The third-order valence-electron chi connectivity index (χ3n) is 5.94. The number of methoxy groups -OCH3 is 1. The molecule has 1 saturated heterocycles. The van der Waals surface area contributed by atoms with E-state index in [0.29, 0.717) is 27.4 Å². The Hall–Kier alpha value is -3.32. The van der Waals surface area contributed by atoms with Gasteiger partial charge in [-0.1, -0.05) is 17.7 Å². The number of anilines is 1. The Morgan fingerprint density at radius 1 is 1.20 bits per heavy atom. The van der Waals surface area contributed by atoms with Gasteiger partial charge in [0.2, 0.25) is 11.1 Å².